The Bertz CT molecular complexity index is 1000. The van der Waals surface area contributed by atoms with Crippen LogP contribution in [-0.2, 0) is 13.7 Å². The highest BCUT2D eigenvalue weighted by atomic mass is 32.1. The third-order valence-corrected chi connectivity index (χ3v) is 6.10. The van der Waals surface area contributed by atoms with Crippen molar-refractivity contribution in [1.82, 2.24) is 15.1 Å². The molecule has 0 spiro atoms. The summed E-state index contributed by atoms with van der Waals surface area (Å²) in [4.78, 5) is 14.7. The first-order valence-electron chi connectivity index (χ1n) is 8.61. The molecule has 5 nitrogen and oxygen atoms in total. The number of nitrogens with one attached hydrogen (secondary N) is 1. The average Bonchev–Trinajstić information content (AvgIpc) is 3.16. The number of thiophene rings is 1. The zero-order valence-electron chi connectivity index (χ0n) is 15.3. The van der Waals surface area contributed by atoms with Crippen LogP contribution in [0.1, 0.15) is 45.2 Å². The SMILES string of the molecule is Cc1nn(C)c(C)c1C(C)NC(=O)c1cc2c(s1)-c1ccccc1OC2. The molecule has 2 aromatic heterocycles. The molecule has 1 unspecified atom stereocenters. The Labute approximate surface area is 156 Å². The zero-order valence-corrected chi connectivity index (χ0v) is 16.1. The van der Waals surface area contributed by atoms with E-state index in [1.54, 1.807) is 0 Å². The fourth-order valence-corrected chi connectivity index (χ4v) is 4.67. The second-order valence-electron chi connectivity index (χ2n) is 6.65. The van der Waals surface area contributed by atoms with Crippen LogP contribution in [0.2, 0.25) is 0 Å². The van der Waals surface area contributed by atoms with Gasteiger partial charge in [-0.1, -0.05) is 12.1 Å². The maximum absolute atomic E-state index is 12.8. The minimum atomic E-state index is -0.0983. The van der Waals surface area contributed by atoms with Gasteiger partial charge in [0, 0.05) is 34.3 Å². The van der Waals surface area contributed by atoms with Gasteiger partial charge in [0.15, 0.2) is 0 Å². The molecule has 4 rings (SSSR count). The Morgan fingerprint density at radius 3 is 2.85 bits per heavy atom. The molecule has 1 aromatic carbocycles. The van der Waals surface area contributed by atoms with Gasteiger partial charge < -0.3 is 10.1 Å². The van der Waals surface area contributed by atoms with Crippen molar-refractivity contribution < 1.29 is 9.53 Å². The van der Waals surface area contributed by atoms with Crippen LogP contribution in [-0.4, -0.2) is 15.7 Å². The molecule has 0 aliphatic carbocycles. The maximum atomic E-state index is 12.8. The standard InChI is InChI=1S/C20H21N3O2S/c1-11(18-12(2)22-23(4)13(18)3)21-20(24)17-9-14-10-25-16-8-6-5-7-15(16)19(14)26-17/h5-9,11H,10H2,1-4H3,(H,21,24). The van der Waals surface area contributed by atoms with Gasteiger partial charge in [-0.15, -0.1) is 11.3 Å². The lowest BCUT2D eigenvalue weighted by atomic mass is 10.1. The molecular weight excluding hydrogens is 346 g/mol. The van der Waals surface area contributed by atoms with Crippen molar-refractivity contribution in [2.24, 2.45) is 7.05 Å². The Morgan fingerprint density at radius 1 is 1.35 bits per heavy atom. The summed E-state index contributed by atoms with van der Waals surface area (Å²) >= 11 is 1.52. The van der Waals surface area contributed by atoms with Crippen molar-refractivity contribution >= 4 is 17.2 Å². The van der Waals surface area contributed by atoms with E-state index >= 15 is 0 Å². The highest BCUT2D eigenvalue weighted by molar-refractivity contribution is 7.17. The second-order valence-corrected chi connectivity index (χ2v) is 7.71. The number of ether oxygens (including phenoxy) is 1. The molecular formula is C20H21N3O2S. The first kappa shape index (κ1) is 16.8. The van der Waals surface area contributed by atoms with Crippen molar-refractivity contribution in [3.8, 4) is 16.2 Å². The van der Waals surface area contributed by atoms with E-state index in [1.165, 1.54) is 11.3 Å². The van der Waals surface area contributed by atoms with Crippen molar-refractivity contribution in [2.75, 3.05) is 0 Å². The molecule has 1 aliphatic heterocycles. The number of rotatable bonds is 3. The van der Waals surface area contributed by atoms with Crippen LogP contribution >= 0.6 is 11.3 Å². The van der Waals surface area contributed by atoms with E-state index in [2.05, 4.69) is 10.4 Å². The van der Waals surface area contributed by atoms with Crippen LogP contribution in [0.3, 0.4) is 0 Å². The highest BCUT2D eigenvalue weighted by Crippen LogP contribution is 2.42. The van der Waals surface area contributed by atoms with E-state index in [0.29, 0.717) is 11.5 Å². The number of nitrogens with zero attached hydrogens (tertiary/aromatic N) is 2. The van der Waals surface area contributed by atoms with Gasteiger partial charge in [0.2, 0.25) is 0 Å². The number of hydrogen-bond acceptors (Lipinski definition) is 4. The fraction of sp³-hybridized carbons (Fsp3) is 0.300. The molecule has 1 N–H and O–H groups in total. The number of carbonyl (C=O) groups excluding carboxylic acids is 1. The number of amides is 1. The van der Waals surface area contributed by atoms with Gasteiger partial charge in [0.25, 0.3) is 5.91 Å². The van der Waals surface area contributed by atoms with Gasteiger partial charge >= 0.3 is 0 Å². The summed E-state index contributed by atoms with van der Waals surface area (Å²) in [5.74, 6) is 0.820. The number of benzene rings is 1. The number of aryl methyl sites for hydroxylation is 2. The van der Waals surface area contributed by atoms with Crippen LogP contribution in [0.25, 0.3) is 10.4 Å². The van der Waals surface area contributed by atoms with Gasteiger partial charge in [-0.3, -0.25) is 9.48 Å². The largest absolute Gasteiger partial charge is 0.488 e. The lowest BCUT2D eigenvalue weighted by molar-refractivity contribution is 0.0943. The monoisotopic (exact) mass is 367 g/mol. The molecule has 3 aromatic rings. The van der Waals surface area contributed by atoms with Crippen LogP contribution < -0.4 is 10.1 Å². The maximum Gasteiger partial charge on any atom is 0.261 e. The molecule has 1 amide bonds. The first-order valence-corrected chi connectivity index (χ1v) is 9.43. The number of hydrogen-bond donors (Lipinski definition) is 1. The first-order chi connectivity index (χ1) is 12.5. The highest BCUT2D eigenvalue weighted by Gasteiger charge is 2.24. The zero-order chi connectivity index (χ0) is 18.4. The summed E-state index contributed by atoms with van der Waals surface area (Å²) < 4.78 is 7.64. The molecule has 0 saturated carbocycles. The number of fused-ring (bicyclic) bond motifs is 3. The van der Waals surface area contributed by atoms with E-state index in [4.69, 9.17) is 4.74 Å². The summed E-state index contributed by atoms with van der Waals surface area (Å²) in [5, 5.41) is 7.56. The fourth-order valence-electron chi connectivity index (χ4n) is 3.57. The summed E-state index contributed by atoms with van der Waals surface area (Å²) in [7, 11) is 1.92. The third-order valence-electron chi connectivity index (χ3n) is 4.89. The van der Waals surface area contributed by atoms with Gasteiger partial charge in [0.05, 0.1) is 16.6 Å². The van der Waals surface area contributed by atoms with Gasteiger partial charge in [-0.25, -0.2) is 0 Å². The van der Waals surface area contributed by atoms with E-state index in [0.717, 1.165) is 38.7 Å². The smallest absolute Gasteiger partial charge is 0.261 e. The topological polar surface area (TPSA) is 56.2 Å². The normalized spacial score (nSPS) is 13.5. The minimum Gasteiger partial charge on any atom is -0.488 e. The number of para-hydroxylation sites is 1. The van der Waals surface area contributed by atoms with E-state index in [9.17, 15) is 4.79 Å². The summed E-state index contributed by atoms with van der Waals surface area (Å²) in [6.45, 7) is 6.51. The minimum absolute atomic E-state index is 0.0583. The van der Waals surface area contributed by atoms with Crippen LogP contribution in [0, 0.1) is 13.8 Å². The predicted octanol–water partition coefficient (Wildman–Crippen LogP) is 4.15. The quantitative estimate of drug-likeness (QED) is 0.757. The van der Waals surface area contributed by atoms with Crippen LogP contribution in [0.4, 0.5) is 0 Å². The molecule has 6 heteroatoms. The van der Waals surface area contributed by atoms with Crippen molar-refractivity contribution in [2.45, 2.75) is 33.4 Å². The lowest BCUT2D eigenvalue weighted by Gasteiger charge is -2.16. The molecule has 0 bridgehead atoms. The van der Waals surface area contributed by atoms with Gasteiger partial charge in [-0.05, 0) is 39.0 Å². The number of carbonyl (C=O) groups is 1. The van der Waals surface area contributed by atoms with Crippen molar-refractivity contribution in [1.29, 1.82) is 0 Å². The van der Waals surface area contributed by atoms with Crippen molar-refractivity contribution in [3.63, 3.8) is 0 Å². The lowest BCUT2D eigenvalue weighted by Crippen LogP contribution is -2.26. The third kappa shape index (κ3) is 2.70. The van der Waals surface area contributed by atoms with Crippen LogP contribution in [0.5, 0.6) is 5.75 Å². The molecule has 1 aliphatic rings. The predicted molar refractivity (Wildman–Crippen MR) is 103 cm³/mol. The Balaban J connectivity index is 1.60. The Kier molecular flexibility index (Phi) is 4.07. The molecule has 0 radical (unpaired) electrons. The van der Waals surface area contributed by atoms with E-state index < -0.39 is 0 Å². The summed E-state index contributed by atoms with van der Waals surface area (Å²) in [5.41, 5.74) is 5.23. The molecule has 0 fully saturated rings. The second kappa shape index (κ2) is 6.29. The van der Waals surface area contributed by atoms with Gasteiger partial charge in [-0.2, -0.15) is 5.10 Å². The molecule has 26 heavy (non-hydrogen) atoms. The average molecular weight is 367 g/mol. The summed E-state index contributed by atoms with van der Waals surface area (Å²) in [6.07, 6.45) is 0. The molecule has 1 atom stereocenters. The molecule has 0 saturated heterocycles. The number of aromatic nitrogens is 2. The van der Waals surface area contributed by atoms with E-state index in [-0.39, 0.29) is 11.9 Å². The van der Waals surface area contributed by atoms with Gasteiger partial charge in [0.1, 0.15) is 12.4 Å². The molecule has 134 valence electrons. The van der Waals surface area contributed by atoms with Crippen molar-refractivity contribution in [3.05, 3.63) is 57.7 Å². The summed E-state index contributed by atoms with van der Waals surface area (Å²) in [6, 6.07) is 9.81. The Hall–Kier alpha value is -2.60. The van der Waals surface area contributed by atoms with E-state index in [1.807, 2.05) is 62.8 Å². The Morgan fingerprint density at radius 2 is 2.12 bits per heavy atom. The molecule has 3 heterocycles. The van der Waals surface area contributed by atoms with Crippen LogP contribution in [0.15, 0.2) is 30.3 Å².